The van der Waals surface area contributed by atoms with Crippen molar-refractivity contribution in [2.24, 2.45) is 11.8 Å². The average Bonchev–Trinajstić information content (AvgIpc) is 2.47. The molecule has 2 atom stereocenters. The van der Waals surface area contributed by atoms with Crippen LogP contribution in [0.2, 0.25) is 0 Å². The van der Waals surface area contributed by atoms with Crippen molar-refractivity contribution in [2.45, 2.75) is 26.3 Å². The van der Waals surface area contributed by atoms with Crippen LogP contribution in [0.1, 0.15) is 25.3 Å². The molecule has 1 heterocycles. The highest BCUT2D eigenvalue weighted by atomic mass is 16.4. The molecule has 0 aliphatic carbocycles. The van der Waals surface area contributed by atoms with Gasteiger partial charge in [-0.25, -0.2) is 0 Å². The van der Waals surface area contributed by atoms with E-state index in [1.165, 1.54) is 0 Å². The predicted octanol–water partition coefficient (Wildman–Crippen LogP) is 2.19. The van der Waals surface area contributed by atoms with Crippen LogP contribution in [-0.4, -0.2) is 34.8 Å². The van der Waals surface area contributed by atoms with E-state index in [-0.39, 0.29) is 11.7 Å². The fourth-order valence-corrected chi connectivity index (χ4v) is 2.86. The van der Waals surface area contributed by atoms with Crippen LogP contribution in [0, 0.1) is 11.8 Å². The van der Waals surface area contributed by atoms with E-state index in [1.54, 1.807) is 0 Å². The third-order valence-electron chi connectivity index (χ3n) is 3.93. The zero-order valence-electron chi connectivity index (χ0n) is 11.8. The summed E-state index contributed by atoms with van der Waals surface area (Å²) in [5.74, 6) is -1.20. The molecule has 2 unspecified atom stereocenters. The minimum Gasteiger partial charge on any atom is -0.481 e. The topological polar surface area (TPSA) is 57.6 Å². The molecular weight excluding hydrogens is 254 g/mol. The normalized spacial score (nSPS) is 23.4. The van der Waals surface area contributed by atoms with Gasteiger partial charge >= 0.3 is 5.97 Å². The van der Waals surface area contributed by atoms with E-state index in [2.05, 4.69) is 4.90 Å². The first-order chi connectivity index (χ1) is 9.60. The van der Waals surface area contributed by atoms with Gasteiger partial charge in [-0.15, -0.1) is 0 Å². The van der Waals surface area contributed by atoms with Crippen molar-refractivity contribution in [3.63, 3.8) is 0 Å². The standard InChI is InChI=1S/C16H21NO3/c1-2-15(18)13-8-14(16(19)20)11-17(10-13)9-12-6-4-3-5-7-12/h3-7,13-14H,2,8-11H2,1H3,(H,19,20). The Labute approximate surface area is 119 Å². The molecule has 0 saturated carbocycles. The number of piperidine rings is 1. The van der Waals surface area contributed by atoms with E-state index in [1.807, 2.05) is 37.3 Å². The molecule has 0 spiro atoms. The van der Waals surface area contributed by atoms with E-state index in [0.717, 1.165) is 5.56 Å². The zero-order chi connectivity index (χ0) is 14.5. The highest BCUT2D eigenvalue weighted by Gasteiger charge is 2.34. The van der Waals surface area contributed by atoms with Gasteiger partial charge in [0.1, 0.15) is 5.78 Å². The molecule has 108 valence electrons. The number of benzene rings is 1. The van der Waals surface area contributed by atoms with E-state index >= 15 is 0 Å². The number of hydrogen-bond acceptors (Lipinski definition) is 3. The fraction of sp³-hybridized carbons (Fsp3) is 0.500. The lowest BCUT2D eigenvalue weighted by Crippen LogP contribution is -2.45. The minimum atomic E-state index is -0.795. The summed E-state index contributed by atoms with van der Waals surface area (Å²) in [5.41, 5.74) is 1.15. The lowest BCUT2D eigenvalue weighted by atomic mass is 9.85. The Bertz CT molecular complexity index is 472. The Morgan fingerprint density at radius 3 is 2.45 bits per heavy atom. The van der Waals surface area contributed by atoms with Gasteiger partial charge in [0, 0.05) is 32.0 Å². The second kappa shape index (κ2) is 6.66. The van der Waals surface area contributed by atoms with Crippen molar-refractivity contribution >= 4 is 11.8 Å². The Hall–Kier alpha value is -1.68. The molecule has 20 heavy (non-hydrogen) atoms. The van der Waals surface area contributed by atoms with Gasteiger partial charge in [0.25, 0.3) is 0 Å². The first-order valence-electron chi connectivity index (χ1n) is 7.12. The number of carbonyl (C=O) groups is 2. The van der Waals surface area contributed by atoms with E-state index in [9.17, 15) is 14.7 Å². The number of carboxylic acids is 1. The molecule has 1 saturated heterocycles. The molecule has 1 aliphatic rings. The van der Waals surface area contributed by atoms with Gasteiger partial charge < -0.3 is 5.11 Å². The third-order valence-corrected chi connectivity index (χ3v) is 3.93. The van der Waals surface area contributed by atoms with Crippen LogP contribution in [0.15, 0.2) is 30.3 Å². The summed E-state index contributed by atoms with van der Waals surface area (Å²) in [4.78, 5) is 25.3. The first kappa shape index (κ1) is 14.7. The Balaban J connectivity index is 2.07. The summed E-state index contributed by atoms with van der Waals surface area (Å²) < 4.78 is 0. The second-order valence-corrected chi connectivity index (χ2v) is 5.47. The van der Waals surface area contributed by atoms with Crippen molar-refractivity contribution in [3.05, 3.63) is 35.9 Å². The Morgan fingerprint density at radius 1 is 1.20 bits per heavy atom. The number of likely N-dealkylation sites (tertiary alicyclic amines) is 1. The Morgan fingerprint density at radius 2 is 1.85 bits per heavy atom. The molecule has 1 aliphatic heterocycles. The fourth-order valence-electron chi connectivity index (χ4n) is 2.86. The number of hydrogen-bond donors (Lipinski definition) is 1. The van der Waals surface area contributed by atoms with Crippen LogP contribution >= 0.6 is 0 Å². The maximum atomic E-state index is 11.9. The number of Topliss-reactive ketones (excluding diaryl/α,β-unsaturated/α-hetero) is 1. The zero-order valence-corrected chi connectivity index (χ0v) is 11.8. The van der Waals surface area contributed by atoms with Crippen molar-refractivity contribution in [1.82, 2.24) is 4.90 Å². The number of nitrogens with zero attached hydrogens (tertiary/aromatic N) is 1. The van der Waals surface area contributed by atoms with Gasteiger partial charge in [0.2, 0.25) is 0 Å². The molecule has 4 nitrogen and oxygen atoms in total. The molecular formula is C16H21NO3. The first-order valence-corrected chi connectivity index (χ1v) is 7.12. The van der Waals surface area contributed by atoms with Gasteiger partial charge in [-0.1, -0.05) is 37.3 Å². The summed E-state index contributed by atoms with van der Waals surface area (Å²) in [6.07, 6.45) is 0.962. The minimum absolute atomic E-state index is 0.140. The van der Waals surface area contributed by atoms with Crippen molar-refractivity contribution in [2.75, 3.05) is 13.1 Å². The maximum Gasteiger partial charge on any atom is 0.307 e. The van der Waals surface area contributed by atoms with E-state index in [4.69, 9.17) is 0 Å². The largest absolute Gasteiger partial charge is 0.481 e. The molecule has 1 fully saturated rings. The number of aliphatic carboxylic acids is 1. The van der Waals surface area contributed by atoms with Crippen LogP contribution in [-0.2, 0) is 16.1 Å². The average molecular weight is 275 g/mol. The number of rotatable bonds is 5. The number of carboxylic acid groups (broad SMARTS) is 1. The summed E-state index contributed by atoms with van der Waals surface area (Å²) in [5, 5.41) is 9.26. The van der Waals surface area contributed by atoms with Gasteiger partial charge in [0.15, 0.2) is 0 Å². The SMILES string of the molecule is CCC(=O)C1CC(C(=O)O)CN(Cc2ccccc2)C1. The molecule has 2 rings (SSSR count). The maximum absolute atomic E-state index is 11.9. The second-order valence-electron chi connectivity index (χ2n) is 5.47. The lowest BCUT2D eigenvalue weighted by Gasteiger charge is -2.35. The van der Waals surface area contributed by atoms with Gasteiger partial charge in [-0.2, -0.15) is 0 Å². The summed E-state index contributed by atoms with van der Waals surface area (Å²) in [6.45, 7) is 3.75. The van der Waals surface area contributed by atoms with Gasteiger partial charge in [-0.3, -0.25) is 14.5 Å². The number of ketones is 1. The van der Waals surface area contributed by atoms with Crippen molar-refractivity contribution < 1.29 is 14.7 Å². The molecule has 1 aromatic rings. The summed E-state index contributed by atoms with van der Waals surface area (Å²) in [6, 6.07) is 9.97. The molecule has 0 radical (unpaired) electrons. The summed E-state index contributed by atoms with van der Waals surface area (Å²) in [7, 11) is 0. The molecule has 1 N–H and O–H groups in total. The highest BCUT2D eigenvalue weighted by Crippen LogP contribution is 2.25. The van der Waals surface area contributed by atoms with Crippen LogP contribution in [0.3, 0.4) is 0 Å². The molecule has 1 aromatic carbocycles. The third kappa shape index (κ3) is 3.67. The van der Waals surface area contributed by atoms with E-state index in [0.29, 0.717) is 32.5 Å². The van der Waals surface area contributed by atoms with Crippen molar-refractivity contribution in [1.29, 1.82) is 0 Å². The van der Waals surface area contributed by atoms with Crippen LogP contribution < -0.4 is 0 Å². The summed E-state index contributed by atoms with van der Waals surface area (Å²) >= 11 is 0. The van der Waals surface area contributed by atoms with Gasteiger partial charge in [-0.05, 0) is 12.0 Å². The number of carbonyl (C=O) groups excluding carboxylic acids is 1. The monoisotopic (exact) mass is 275 g/mol. The quantitative estimate of drug-likeness (QED) is 0.895. The molecule has 0 aromatic heterocycles. The molecule has 0 amide bonds. The highest BCUT2D eigenvalue weighted by molar-refractivity contribution is 5.82. The van der Waals surface area contributed by atoms with Gasteiger partial charge in [0.05, 0.1) is 5.92 Å². The molecule has 0 bridgehead atoms. The van der Waals surface area contributed by atoms with Crippen molar-refractivity contribution in [3.8, 4) is 0 Å². The predicted molar refractivity (Wildman–Crippen MR) is 76.2 cm³/mol. The van der Waals surface area contributed by atoms with E-state index < -0.39 is 11.9 Å². The molecule has 4 heteroatoms. The van der Waals surface area contributed by atoms with Crippen LogP contribution in [0.25, 0.3) is 0 Å². The Kier molecular flexibility index (Phi) is 4.90. The smallest absolute Gasteiger partial charge is 0.307 e. The lowest BCUT2D eigenvalue weighted by molar-refractivity contribution is -0.145. The van der Waals surface area contributed by atoms with Crippen LogP contribution in [0.4, 0.5) is 0 Å². The van der Waals surface area contributed by atoms with Crippen LogP contribution in [0.5, 0.6) is 0 Å².